The number of rotatable bonds is 7. The van der Waals surface area contributed by atoms with Gasteiger partial charge in [-0.25, -0.2) is 4.39 Å². The van der Waals surface area contributed by atoms with Gasteiger partial charge in [-0.2, -0.15) is 0 Å². The number of ether oxygens (including phenoxy) is 1. The Hall–Kier alpha value is -0.930. The van der Waals surface area contributed by atoms with Crippen molar-refractivity contribution in [3.63, 3.8) is 0 Å². The van der Waals surface area contributed by atoms with Gasteiger partial charge in [0, 0.05) is 19.7 Å². The highest BCUT2D eigenvalue weighted by Crippen LogP contribution is 2.09. The van der Waals surface area contributed by atoms with Crippen LogP contribution < -0.4 is 5.32 Å². The van der Waals surface area contributed by atoms with Gasteiger partial charge in [-0.3, -0.25) is 0 Å². The minimum Gasteiger partial charge on any atom is -0.383 e. The quantitative estimate of drug-likeness (QED) is 0.789. The number of nitrogens with one attached hydrogen (secondary N) is 1. The maximum atomic E-state index is 13.1. The Kier molecular flexibility index (Phi) is 6.16. The first-order chi connectivity index (χ1) is 8.17. The molecular weight excluding hydrogens is 217 g/mol. The van der Waals surface area contributed by atoms with E-state index >= 15 is 0 Å². The first-order valence-corrected chi connectivity index (χ1v) is 6.14. The molecule has 0 saturated carbocycles. The highest BCUT2D eigenvalue weighted by atomic mass is 19.1. The van der Waals surface area contributed by atoms with Gasteiger partial charge in [0.05, 0.1) is 6.61 Å². The van der Waals surface area contributed by atoms with E-state index < -0.39 is 0 Å². The van der Waals surface area contributed by atoms with Crippen LogP contribution in [0.25, 0.3) is 0 Å². The van der Waals surface area contributed by atoms with E-state index in [1.54, 1.807) is 14.0 Å². The van der Waals surface area contributed by atoms with E-state index in [1.165, 1.54) is 6.07 Å². The Balaban J connectivity index is 2.49. The van der Waals surface area contributed by atoms with Crippen LogP contribution in [-0.2, 0) is 11.3 Å². The summed E-state index contributed by atoms with van der Waals surface area (Å²) in [6.07, 6.45) is 2.22. The van der Waals surface area contributed by atoms with Crippen molar-refractivity contribution in [2.45, 2.75) is 39.3 Å². The van der Waals surface area contributed by atoms with Crippen molar-refractivity contribution in [1.29, 1.82) is 0 Å². The van der Waals surface area contributed by atoms with Gasteiger partial charge >= 0.3 is 0 Å². The number of methoxy groups -OCH3 is 1. The average Bonchev–Trinajstić information content (AvgIpc) is 2.31. The van der Waals surface area contributed by atoms with Gasteiger partial charge in [0.1, 0.15) is 5.82 Å². The summed E-state index contributed by atoms with van der Waals surface area (Å²) in [5.41, 5.74) is 1.81. The topological polar surface area (TPSA) is 21.3 Å². The smallest absolute Gasteiger partial charge is 0.126 e. The van der Waals surface area contributed by atoms with Gasteiger partial charge in [-0.15, -0.1) is 0 Å². The van der Waals surface area contributed by atoms with Crippen molar-refractivity contribution in [3.05, 3.63) is 35.1 Å². The van der Waals surface area contributed by atoms with Crippen LogP contribution in [0.5, 0.6) is 0 Å². The second-order valence-corrected chi connectivity index (χ2v) is 4.41. The van der Waals surface area contributed by atoms with Crippen LogP contribution in [0.2, 0.25) is 0 Å². The lowest BCUT2D eigenvalue weighted by Crippen LogP contribution is -2.32. The van der Waals surface area contributed by atoms with E-state index in [1.807, 2.05) is 12.1 Å². The summed E-state index contributed by atoms with van der Waals surface area (Å²) in [5.74, 6) is -0.143. The third kappa shape index (κ3) is 4.84. The Bertz CT molecular complexity index is 335. The molecule has 0 aliphatic rings. The van der Waals surface area contributed by atoms with E-state index in [0.717, 1.165) is 24.9 Å². The predicted molar refractivity (Wildman–Crippen MR) is 68.5 cm³/mol. The van der Waals surface area contributed by atoms with Gasteiger partial charge in [-0.1, -0.05) is 25.5 Å². The standard InChI is InChI=1S/C14H22FNO/c1-4-5-13(10-17-3)16-9-12-6-7-14(15)11(2)8-12/h6-8,13,16H,4-5,9-10H2,1-3H3. The molecule has 0 amide bonds. The fourth-order valence-electron chi connectivity index (χ4n) is 1.87. The molecule has 3 heteroatoms. The molecule has 1 rings (SSSR count). The van der Waals surface area contributed by atoms with E-state index in [2.05, 4.69) is 12.2 Å². The van der Waals surface area contributed by atoms with E-state index in [0.29, 0.717) is 18.2 Å². The highest BCUT2D eigenvalue weighted by Gasteiger charge is 2.07. The van der Waals surface area contributed by atoms with Crippen molar-refractivity contribution < 1.29 is 9.13 Å². The van der Waals surface area contributed by atoms with Crippen LogP contribution in [-0.4, -0.2) is 19.8 Å². The zero-order valence-electron chi connectivity index (χ0n) is 10.9. The molecular formula is C14H22FNO. The van der Waals surface area contributed by atoms with Crippen LogP contribution in [0, 0.1) is 12.7 Å². The molecule has 2 nitrogen and oxygen atoms in total. The molecule has 0 spiro atoms. The molecule has 1 aromatic rings. The van der Waals surface area contributed by atoms with Crippen LogP contribution in [0.4, 0.5) is 4.39 Å². The number of hydrogen-bond donors (Lipinski definition) is 1. The molecule has 0 radical (unpaired) electrons. The third-order valence-electron chi connectivity index (χ3n) is 2.82. The zero-order chi connectivity index (χ0) is 12.7. The molecule has 1 unspecified atom stereocenters. The molecule has 0 aliphatic heterocycles. The SMILES string of the molecule is CCCC(COC)NCc1ccc(F)c(C)c1. The molecule has 96 valence electrons. The van der Waals surface area contributed by atoms with Crippen LogP contribution in [0.15, 0.2) is 18.2 Å². The van der Waals surface area contributed by atoms with Crippen molar-refractivity contribution in [3.8, 4) is 0 Å². The molecule has 0 heterocycles. The normalized spacial score (nSPS) is 12.7. The molecule has 0 bridgehead atoms. The number of aryl methyl sites for hydroxylation is 1. The Morgan fingerprint density at radius 3 is 2.76 bits per heavy atom. The molecule has 1 aromatic carbocycles. The number of benzene rings is 1. The summed E-state index contributed by atoms with van der Waals surface area (Å²) < 4.78 is 18.3. The van der Waals surface area contributed by atoms with Gasteiger partial charge in [0.15, 0.2) is 0 Å². The summed E-state index contributed by atoms with van der Waals surface area (Å²) in [7, 11) is 1.71. The van der Waals surface area contributed by atoms with E-state index in [-0.39, 0.29) is 5.82 Å². The molecule has 1 N–H and O–H groups in total. The van der Waals surface area contributed by atoms with Crippen LogP contribution in [0.1, 0.15) is 30.9 Å². The van der Waals surface area contributed by atoms with Crippen molar-refractivity contribution in [2.24, 2.45) is 0 Å². The monoisotopic (exact) mass is 239 g/mol. The van der Waals surface area contributed by atoms with Crippen LogP contribution >= 0.6 is 0 Å². The molecule has 0 aliphatic carbocycles. The lowest BCUT2D eigenvalue weighted by Gasteiger charge is -2.17. The number of hydrogen-bond acceptors (Lipinski definition) is 2. The zero-order valence-corrected chi connectivity index (χ0v) is 10.9. The number of halogens is 1. The fourth-order valence-corrected chi connectivity index (χ4v) is 1.87. The van der Waals surface area contributed by atoms with Crippen molar-refractivity contribution >= 4 is 0 Å². The minimum absolute atomic E-state index is 0.143. The second kappa shape index (κ2) is 7.41. The Morgan fingerprint density at radius 1 is 1.41 bits per heavy atom. The summed E-state index contributed by atoms with van der Waals surface area (Å²) in [6.45, 7) is 5.42. The van der Waals surface area contributed by atoms with Crippen LogP contribution in [0.3, 0.4) is 0 Å². The largest absolute Gasteiger partial charge is 0.383 e. The average molecular weight is 239 g/mol. The van der Waals surface area contributed by atoms with E-state index in [4.69, 9.17) is 4.74 Å². The van der Waals surface area contributed by atoms with Gasteiger partial charge in [-0.05, 0) is 30.5 Å². The summed E-state index contributed by atoms with van der Waals surface area (Å²) in [5, 5.41) is 3.44. The van der Waals surface area contributed by atoms with Gasteiger partial charge in [0.25, 0.3) is 0 Å². The maximum Gasteiger partial charge on any atom is 0.126 e. The van der Waals surface area contributed by atoms with E-state index in [9.17, 15) is 4.39 Å². The third-order valence-corrected chi connectivity index (χ3v) is 2.82. The van der Waals surface area contributed by atoms with Gasteiger partial charge < -0.3 is 10.1 Å². The minimum atomic E-state index is -0.143. The first-order valence-electron chi connectivity index (χ1n) is 6.14. The Labute approximate surface area is 103 Å². The van der Waals surface area contributed by atoms with Crippen molar-refractivity contribution in [1.82, 2.24) is 5.32 Å². The summed E-state index contributed by atoms with van der Waals surface area (Å²) in [6, 6.07) is 5.61. The van der Waals surface area contributed by atoms with Gasteiger partial charge in [0.2, 0.25) is 0 Å². The first kappa shape index (κ1) is 14.1. The fraction of sp³-hybridized carbons (Fsp3) is 0.571. The lowest BCUT2D eigenvalue weighted by atomic mass is 10.1. The summed E-state index contributed by atoms with van der Waals surface area (Å²) >= 11 is 0. The maximum absolute atomic E-state index is 13.1. The molecule has 0 fully saturated rings. The molecule has 1 atom stereocenters. The van der Waals surface area contributed by atoms with Crippen molar-refractivity contribution in [2.75, 3.05) is 13.7 Å². The Morgan fingerprint density at radius 2 is 2.18 bits per heavy atom. The molecule has 17 heavy (non-hydrogen) atoms. The lowest BCUT2D eigenvalue weighted by molar-refractivity contribution is 0.161. The highest BCUT2D eigenvalue weighted by molar-refractivity contribution is 5.23. The molecule has 0 saturated heterocycles. The predicted octanol–water partition coefficient (Wildman–Crippen LogP) is 3.04. The molecule has 0 aromatic heterocycles. The second-order valence-electron chi connectivity index (χ2n) is 4.41. The summed E-state index contributed by atoms with van der Waals surface area (Å²) in [4.78, 5) is 0.